The Bertz CT molecular complexity index is 719. The third kappa shape index (κ3) is 2.67. The molecule has 1 heterocycles. The van der Waals surface area contributed by atoms with Gasteiger partial charge in [-0.05, 0) is 19.1 Å². The van der Waals surface area contributed by atoms with Crippen LogP contribution in [0.3, 0.4) is 0 Å². The second kappa shape index (κ2) is 5.58. The molecule has 4 N–H and O–H groups in total. The molecule has 0 unspecified atom stereocenters. The Kier molecular flexibility index (Phi) is 3.84. The molecular weight excluding hydrogens is 280 g/mol. The summed E-state index contributed by atoms with van der Waals surface area (Å²) in [6.45, 7) is 1.72. The van der Waals surface area contributed by atoms with Crippen molar-refractivity contribution in [2.24, 2.45) is 0 Å². The predicted octanol–water partition coefficient (Wildman–Crippen LogP) is 1.86. The molecule has 0 fully saturated rings. The Morgan fingerprint density at radius 2 is 1.86 bits per heavy atom. The van der Waals surface area contributed by atoms with Crippen molar-refractivity contribution in [1.82, 2.24) is 9.97 Å². The SMILES string of the molecule is CCOc1c(F)cc(-c2nc(N)nc(N)c2C#N)cc1F. The highest BCUT2D eigenvalue weighted by atomic mass is 19.1. The average Bonchev–Trinajstić information content (AvgIpc) is 2.42. The summed E-state index contributed by atoms with van der Waals surface area (Å²) in [4.78, 5) is 7.46. The third-order valence-electron chi connectivity index (χ3n) is 2.63. The van der Waals surface area contributed by atoms with Crippen LogP contribution in [0.2, 0.25) is 0 Å². The number of ether oxygens (including phenoxy) is 1. The fraction of sp³-hybridized carbons (Fsp3) is 0.154. The lowest BCUT2D eigenvalue weighted by molar-refractivity contribution is 0.303. The quantitative estimate of drug-likeness (QED) is 0.892. The number of hydrogen-bond acceptors (Lipinski definition) is 6. The zero-order valence-corrected chi connectivity index (χ0v) is 11.0. The third-order valence-corrected chi connectivity index (χ3v) is 2.63. The first-order valence-corrected chi connectivity index (χ1v) is 5.93. The second-order valence-electron chi connectivity index (χ2n) is 4.00. The summed E-state index contributed by atoms with van der Waals surface area (Å²) < 4.78 is 32.6. The van der Waals surface area contributed by atoms with Crippen LogP contribution in [0.25, 0.3) is 11.3 Å². The van der Waals surface area contributed by atoms with E-state index in [2.05, 4.69) is 9.97 Å². The van der Waals surface area contributed by atoms with Gasteiger partial charge in [-0.15, -0.1) is 0 Å². The van der Waals surface area contributed by atoms with Gasteiger partial charge in [-0.2, -0.15) is 10.2 Å². The van der Waals surface area contributed by atoms with Crippen LogP contribution >= 0.6 is 0 Å². The maximum absolute atomic E-state index is 13.9. The molecule has 0 bridgehead atoms. The van der Waals surface area contributed by atoms with Crippen LogP contribution in [0, 0.1) is 23.0 Å². The Labute approximate surface area is 119 Å². The zero-order valence-electron chi connectivity index (χ0n) is 11.0. The molecule has 0 atom stereocenters. The van der Waals surface area contributed by atoms with Gasteiger partial charge < -0.3 is 16.2 Å². The highest BCUT2D eigenvalue weighted by Crippen LogP contribution is 2.31. The van der Waals surface area contributed by atoms with Gasteiger partial charge in [0, 0.05) is 5.56 Å². The van der Waals surface area contributed by atoms with Crippen molar-refractivity contribution in [2.75, 3.05) is 18.1 Å². The van der Waals surface area contributed by atoms with Gasteiger partial charge in [0.15, 0.2) is 17.4 Å². The molecule has 0 aliphatic rings. The van der Waals surface area contributed by atoms with Crippen molar-refractivity contribution in [3.8, 4) is 23.1 Å². The van der Waals surface area contributed by atoms with E-state index in [-0.39, 0.29) is 35.2 Å². The monoisotopic (exact) mass is 291 g/mol. The summed E-state index contributed by atoms with van der Waals surface area (Å²) in [5.41, 5.74) is 10.9. The minimum atomic E-state index is -0.911. The molecule has 0 radical (unpaired) electrons. The van der Waals surface area contributed by atoms with Gasteiger partial charge in [-0.3, -0.25) is 0 Å². The summed E-state index contributed by atoms with van der Waals surface area (Å²) >= 11 is 0. The number of hydrogen-bond donors (Lipinski definition) is 2. The first kappa shape index (κ1) is 14.5. The number of nitriles is 1. The molecule has 8 heteroatoms. The highest BCUT2D eigenvalue weighted by molar-refractivity contribution is 5.73. The largest absolute Gasteiger partial charge is 0.488 e. The predicted molar refractivity (Wildman–Crippen MR) is 72.1 cm³/mol. The van der Waals surface area contributed by atoms with Gasteiger partial charge in [0.05, 0.1) is 12.3 Å². The summed E-state index contributed by atoms with van der Waals surface area (Å²) in [5, 5.41) is 9.07. The van der Waals surface area contributed by atoms with Gasteiger partial charge in [0.2, 0.25) is 5.95 Å². The standard InChI is InChI=1S/C13H11F2N5O/c1-2-21-11-8(14)3-6(4-9(11)15)10-7(5-16)12(17)20-13(18)19-10/h3-4H,2H2,1H3,(H4,17,18,19,20). The molecule has 1 aromatic heterocycles. The van der Waals surface area contributed by atoms with E-state index in [9.17, 15) is 8.78 Å². The van der Waals surface area contributed by atoms with Gasteiger partial charge in [-0.1, -0.05) is 0 Å². The topological polar surface area (TPSA) is 111 Å². The fourth-order valence-corrected chi connectivity index (χ4v) is 1.79. The van der Waals surface area contributed by atoms with Crippen LogP contribution in [0.1, 0.15) is 12.5 Å². The Balaban J connectivity index is 2.66. The molecule has 1 aromatic carbocycles. The van der Waals surface area contributed by atoms with Gasteiger partial charge in [-0.25, -0.2) is 13.8 Å². The van der Waals surface area contributed by atoms with E-state index >= 15 is 0 Å². The molecule has 0 amide bonds. The van der Waals surface area contributed by atoms with E-state index in [1.165, 1.54) is 0 Å². The van der Waals surface area contributed by atoms with Crippen LogP contribution in [0.5, 0.6) is 5.75 Å². The molecule has 6 nitrogen and oxygen atoms in total. The van der Waals surface area contributed by atoms with Crippen molar-refractivity contribution in [3.63, 3.8) is 0 Å². The molecule has 2 rings (SSSR count). The van der Waals surface area contributed by atoms with E-state index in [0.717, 1.165) is 12.1 Å². The molecule has 0 aliphatic heterocycles. The molecular formula is C13H11F2N5O. The lowest BCUT2D eigenvalue weighted by atomic mass is 10.1. The normalized spacial score (nSPS) is 10.2. The molecule has 0 aliphatic carbocycles. The Hall–Kier alpha value is -2.95. The van der Waals surface area contributed by atoms with E-state index in [1.807, 2.05) is 0 Å². The minimum absolute atomic E-state index is 0.0193. The first-order valence-electron chi connectivity index (χ1n) is 5.93. The molecule has 0 saturated carbocycles. The maximum Gasteiger partial charge on any atom is 0.222 e. The Morgan fingerprint density at radius 3 is 2.38 bits per heavy atom. The maximum atomic E-state index is 13.9. The highest BCUT2D eigenvalue weighted by Gasteiger charge is 2.18. The second-order valence-corrected chi connectivity index (χ2v) is 4.00. The summed E-state index contributed by atoms with van der Waals surface area (Å²) in [7, 11) is 0. The summed E-state index contributed by atoms with van der Waals surface area (Å²) in [6, 6.07) is 3.78. The van der Waals surface area contributed by atoms with Crippen molar-refractivity contribution < 1.29 is 13.5 Å². The van der Waals surface area contributed by atoms with Crippen LogP contribution in [0.4, 0.5) is 20.5 Å². The molecule has 0 saturated heterocycles. The smallest absolute Gasteiger partial charge is 0.222 e. The van der Waals surface area contributed by atoms with E-state index in [4.69, 9.17) is 21.5 Å². The molecule has 21 heavy (non-hydrogen) atoms. The minimum Gasteiger partial charge on any atom is -0.488 e. The lowest BCUT2D eigenvalue weighted by Crippen LogP contribution is -2.06. The van der Waals surface area contributed by atoms with E-state index in [0.29, 0.717) is 0 Å². The van der Waals surface area contributed by atoms with Crippen molar-refractivity contribution >= 4 is 11.8 Å². The van der Waals surface area contributed by atoms with Gasteiger partial charge >= 0.3 is 0 Å². The van der Waals surface area contributed by atoms with Crippen molar-refractivity contribution in [2.45, 2.75) is 6.92 Å². The van der Waals surface area contributed by atoms with E-state index in [1.54, 1.807) is 13.0 Å². The van der Waals surface area contributed by atoms with Crippen molar-refractivity contribution in [1.29, 1.82) is 5.26 Å². The number of halogens is 2. The first-order chi connectivity index (χ1) is 9.97. The van der Waals surface area contributed by atoms with Crippen LogP contribution < -0.4 is 16.2 Å². The zero-order chi connectivity index (χ0) is 15.6. The van der Waals surface area contributed by atoms with Crippen molar-refractivity contribution in [3.05, 3.63) is 29.3 Å². The van der Waals surface area contributed by atoms with Crippen LogP contribution in [0.15, 0.2) is 12.1 Å². The van der Waals surface area contributed by atoms with E-state index < -0.39 is 17.4 Å². The molecule has 108 valence electrons. The number of anilines is 2. The van der Waals surface area contributed by atoms with Gasteiger partial charge in [0.25, 0.3) is 0 Å². The lowest BCUT2D eigenvalue weighted by Gasteiger charge is -2.10. The van der Waals surface area contributed by atoms with Crippen LogP contribution in [-0.2, 0) is 0 Å². The number of nitrogens with two attached hydrogens (primary N) is 2. The average molecular weight is 291 g/mol. The number of nitrogen functional groups attached to an aromatic ring is 2. The number of rotatable bonds is 3. The Morgan fingerprint density at radius 1 is 1.24 bits per heavy atom. The summed E-state index contributed by atoms with van der Waals surface area (Å²) in [5.74, 6) is -2.67. The molecule has 2 aromatic rings. The summed E-state index contributed by atoms with van der Waals surface area (Å²) in [6.07, 6.45) is 0. The molecule has 0 spiro atoms. The fourth-order valence-electron chi connectivity index (χ4n) is 1.79. The van der Waals surface area contributed by atoms with Gasteiger partial charge in [0.1, 0.15) is 17.5 Å². The number of nitrogens with zero attached hydrogens (tertiary/aromatic N) is 3. The van der Waals surface area contributed by atoms with Crippen LogP contribution in [-0.4, -0.2) is 16.6 Å². The number of aromatic nitrogens is 2. The number of benzene rings is 1.